The highest BCUT2D eigenvalue weighted by Crippen LogP contribution is 2.19. The number of sulfonamides is 1. The zero-order valence-corrected chi connectivity index (χ0v) is 13.0. The topological polar surface area (TPSA) is 58.2 Å². The number of halogens is 1. The highest BCUT2D eigenvalue weighted by atomic mass is 35.5. The zero-order valence-electron chi connectivity index (χ0n) is 11.4. The summed E-state index contributed by atoms with van der Waals surface area (Å²) in [7, 11) is -3.46. The van der Waals surface area contributed by atoms with Crippen molar-refractivity contribution in [2.45, 2.75) is 24.7 Å². The molecule has 2 N–H and O–H groups in total. The lowest BCUT2D eigenvalue weighted by Crippen LogP contribution is -2.27. The van der Waals surface area contributed by atoms with Crippen LogP contribution in [0.25, 0.3) is 0 Å². The molecule has 2 rings (SSSR count). The van der Waals surface area contributed by atoms with Crippen molar-refractivity contribution in [3.05, 3.63) is 40.4 Å². The average Bonchev–Trinajstić information content (AvgIpc) is 2.39. The minimum atomic E-state index is -3.46. The van der Waals surface area contributed by atoms with E-state index in [1.807, 2.05) is 0 Å². The van der Waals surface area contributed by atoms with Crippen molar-refractivity contribution >= 4 is 21.6 Å². The van der Waals surface area contributed by atoms with E-state index in [-0.39, 0.29) is 0 Å². The van der Waals surface area contributed by atoms with Gasteiger partial charge in [0.05, 0.1) is 4.90 Å². The van der Waals surface area contributed by atoms with Crippen LogP contribution in [0.5, 0.6) is 0 Å². The molecule has 6 heteroatoms. The smallest absolute Gasteiger partial charge is 0.240 e. The molecule has 0 aromatic heterocycles. The molecule has 1 aliphatic heterocycles. The van der Waals surface area contributed by atoms with Crippen molar-refractivity contribution in [1.29, 1.82) is 0 Å². The largest absolute Gasteiger partial charge is 0.313 e. The molecule has 0 spiro atoms. The van der Waals surface area contributed by atoms with Crippen molar-refractivity contribution in [1.82, 2.24) is 10.0 Å². The van der Waals surface area contributed by atoms with Crippen LogP contribution >= 0.6 is 11.6 Å². The van der Waals surface area contributed by atoms with Gasteiger partial charge in [0.15, 0.2) is 0 Å². The number of rotatable bonds is 5. The maximum Gasteiger partial charge on any atom is 0.240 e. The lowest BCUT2D eigenvalue weighted by atomic mass is 10.1. The monoisotopic (exact) mass is 314 g/mol. The first-order valence-corrected chi connectivity index (χ1v) is 8.49. The molecule has 1 aliphatic rings. The summed E-state index contributed by atoms with van der Waals surface area (Å²) in [5.74, 6) is 0. The standard InChI is InChI=1S/C14H19ClN2O2S/c1-11-10-13(15)2-3-14(11)20(18,19)17-9-6-12-4-7-16-8-5-12/h2-4,10,16-17H,5-9H2,1H3. The Hall–Kier alpha value is -0.880. The highest BCUT2D eigenvalue weighted by molar-refractivity contribution is 7.89. The molecule has 1 aromatic rings. The summed E-state index contributed by atoms with van der Waals surface area (Å²) in [6, 6.07) is 4.80. The van der Waals surface area contributed by atoms with Crippen LogP contribution in [-0.4, -0.2) is 28.1 Å². The van der Waals surface area contributed by atoms with Crippen LogP contribution in [-0.2, 0) is 10.0 Å². The summed E-state index contributed by atoms with van der Waals surface area (Å²) in [5.41, 5.74) is 1.96. The lowest BCUT2D eigenvalue weighted by Gasteiger charge is -2.14. The highest BCUT2D eigenvalue weighted by Gasteiger charge is 2.16. The Morgan fingerprint density at radius 3 is 2.85 bits per heavy atom. The zero-order chi connectivity index (χ0) is 14.6. The summed E-state index contributed by atoms with van der Waals surface area (Å²) in [6.07, 6.45) is 3.88. The lowest BCUT2D eigenvalue weighted by molar-refractivity contribution is 0.579. The van der Waals surface area contributed by atoms with Crippen molar-refractivity contribution in [2.75, 3.05) is 19.6 Å². The first-order valence-electron chi connectivity index (χ1n) is 6.63. The Bertz CT molecular complexity index is 612. The quantitative estimate of drug-likeness (QED) is 0.820. The Balaban J connectivity index is 1.98. The van der Waals surface area contributed by atoms with Gasteiger partial charge in [-0.2, -0.15) is 0 Å². The van der Waals surface area contributed by atoms with E-state index in [9.17, 15) is 8.42 Å². The summed E-state index contributed by atoms with van der Waals surface area (Å²) in [5, 5.41) is 3.78. The SMILES string of the molecule is Cc1cc(Cl)ccc1S(=O)(=O)NCCC1=CCNCC1. The van der Waals surface area contributed by atoms with Crippen molar-refractivity contribution in [3.8, 4) is 0 Å². The van der Waals surface area contributed by atoms with Crippen LogP contribution in [0.15, 0.2) is 34.7 Å². The molecule has 0 saturated carbocycles. The number of benzene rings is 1. The maximum atomic E-state index is 12.2. The first kappa shape index (κ1) is 15.5. The molecular formula is C14H19ClN2O2S. The average molecular weight is 315 g/mol. The van der Waals surface area contributed by atoms with Crippen molar-refractivity contribution in [3.63, 3.8) is 0 Å². The van der Waals surface area contributed by atoms with Gasteiger partial charge in [0.25, 0.3) is 0 Å². The number of hydrogen-bond acceptors (Lipinski definition) is 3. The van der Waals surface area contributed by atoms with E-state index in [0.717, 1.165) is 25.9 Å². The van der Waals surface area contributed by atoms with E-state index in [1.165, 1.54) is 5.57 Å². The molecule has 110 valence electrons. The fourth-order valence-electron chi connectivity index (χ4n) is 2.23. The number of aryl methyl sites for hydroxylation is 1. The molecule has 0 bridgehead atoms. The fraction of sp³-hybridized carbons (Fsp3) is 0.429. The van der Waals surface area contributed by atoms with Gasteiger partial charge in [-0.25, -0.2) is 13.1 Å². The molecule has 0 unspecified atom stereocenters. The molecule has 0 saturated heterocycles. The molecule has 0 radical (unpaired) electrons. The van der Waals surface area contributed by atoms with E-state index < -0.39 is 10.0 Å². The second-order valence-corrected chi connectivity index (χ2v) is 7.05. The summed E-state index contributed by atoms with van der Waals surface area (Å²) in [6.45, 7) is 4.01. The van der Waals surface area contributed by atoms with E-state index in [4.69, 9.17) is 11.6 Å². The molecule has 20 heavy (non-hydrogen) atoms. The molecule has 1 aromatic carbocycles. The summed E-state index contributed by atoms with van der Waals surface area (Å²) in [4.78, 5) is 0.293. The molecule has 4 nitrogen and oxygen atoms in total. The van der Waals surface area contributed by atoms with Gasteiger partial charge in [0.1, 0.15) is 0 Å². The van der Waals surface area contributed by atoms with Gasteiger partial charge in [-0.05, 0) is 50.1 Å². The summed E-state index contributed by atoms with van der Waals surface area (Å²) >= 11 is 5.84. The Morgan fingerprint density at radius 1 is 1.40 bits per heavy atom. The molecule has 0 fully saturated rings. The van der Waals surface area contributed by atoms with Gasteiger partial charge in [-0.1, -0.05) is 23.3 Å². The van der Waals surface area contributed by atoms with Gasteiger partial charge >= 0.3 is 0 Å². The molecule has 0 atom stereocenters. The maximum absolute atomic E-state index is 12.2. The Kier molecular flexibility index (Phi) is 5.21. The third-order valence-electron chi connectivity index (χ3n) is 3.32. The van der Waals surface area contributed by atoms with Gasteiger partial charge in [0.2, 0.25) is 10.0 Å². The molecule has 0 amide bonds. The molecule has 1 heterocycles. The fourth-order valence-corrected chi connectivity index (χ4v) is 3.72. The van der Waals surface area contributed by atoms with Crippen molar-refractivity contribution in [2.24, 2.45) is 0 Å². The van der Waals surface area contributed by atoms with E-state index in [2.05, 4.69) is 16.1 Å². The predicted octanol–water partition coefficient (Wildman–Crippen LogP) is 2.24. The second kappa shape index (κ2) is 6.72. The van der Waals surface area contributed by atoms with Crippen LogP contribution in [0.1, 0.15) is 18.4 Å². The molecule has 0 aliphatic carbocycles. The van der Waals surface area contributed by atoms with Crippen molar-refractivity contribution < 1.29 is 8.42 Å². The van der Waals surface area contributed by atoms with Crippen LogP contribution in [0.3, 0.4) is 0 Å². The third kappa shape index (κ3) is 4.06. The minimum absolute atomic E-state index is 0.293. The van der Waals surface area contributed by atoms with Crippen LogP contribution < -0.4 is 10.0 Å². The van der Waals surface area contributed by atoms with Gasteiger partial charge in [0, 0.05) is 18.1 Å². The van der Waals surface area contributed by atoms with Crippen LogP contribution in [0.2, 0.25) is 5.02 Å². The van der Waals surface area contributed by atoms with Gasteiger partial charge in [-0.3, -0.25) is 0 Å². The summed E-state index contributed by atoms with van der Waals surface area (Å²) < 4.78 is 27.1. The van der Waals surface area contributed by atoms with Crippen LogP contribution in [0, 0.1) is 6.92 Å². The van der Waals surface area contributed by atoms with E-state index in [1.54, 1.807) is 25.1 Å². The minimum Gasteiger partial charge on any atom is -0.313 e. The third-order valence-corrected chi connectivity index (χ3v) is 5.18. The molecular weight excluding hydrogens is 296 g/mol. The first-order chi connectivity index (χ1) is 9.49. The second-order valence-electron chi connectivity index (χ2n) is 4.87. The van der Waals surface area contributed by atoms with Gasteiger partial charge < -0.3 is 5.32 Å². The number of hydrogen-bond donors (Lipinski definition) is 2. The Labute approximate surface area is 125 Å². The van der Waals surface area contributed by atoms with Crippen LogP contribution in [0.4, 0.5) is 0 Å². The van der Waals surface area contributed by atoms with Gasteiger partial charge in [-0.15, -0.1) is 0 Å². The number of nitrogens with one attached hydrogen (secondary N) is 2. The van der Waals surface area contributed by atoms with E-state index in [0.29, 0.717) is 22.0 Å². The Morgan fingerprint density at radius 2 is 2.20 bits per heavy atom. The predicted molar refractivity (Wildman–Crippen MR) is 81.6 cm³/mol. The van der Waals surface area contributed by atoms with E-state index >= 15 is 0 Å². The normalized spacial score (nSPS) is 16.0.